The SMILES string of the molecule is CC1(C)OB(c2ccc(-c3ccc4nc(C56CCC(CN5C(=O)O)C6)[nH]c4c3)cc2)OC1(C)C. The molecule has 2 aliphatic heterocycles. The van der Waals surface area contributed by atoms with Crippen molar-refractivity contribution in [1.82, 2.24) is 14.9 Å². The fourth-order valence-corrected chi connectivity index (χ4v) is 5.78. The zero-order valence-electron chi connectivity index (χ0n) is 20.1. The summed E-state index contributed by atoms with van der Waals surface area (Å²) in [5.74, 6) is 1.21. The molecular weight excluding hydrogens is 429 g/mol. The molecule has 2 aromatic carbocycles. The van der Waals surface area contributed by atoms with Gasteiger partial charge in [0.05, 0.1) is 22.2 Å². The van der Waals surface area contributed by atoms with E-state index in [0.29, 0.717) is 12.5 Å². The van der Waals surface area contributed by atoms with E-state index < -0.39 is 11.6 Å². The number of nitrogens with zero attached hydrogens (tertiary/aromatic N) is 2. The number of hydrogen-bond acceptors (Lipinski definition) is 4. The highest BCUT2D eigenvalue weighted by atomic mass is 16.7. The molecule has 1 aromatic heterocycles. The molecule has 1 aliphatic carbocycles. The molecule has 2 saturated heterocycles. The van der Waals surface area contributed by atoms with Crippen LogP contribution in [0.5, 0.6) is 0 Å². The Balaban J connectivity index is 1.28. The van der Waals surface area contributed by atoms with Crippen LogP contribution in [0.1, 0.15) is 52.8 Å². The molecular formula is C26H30BN3O4. The number of likely N-dealkylation sites (tertiary alicyclic amines) is 1. The first-order valence-corrected chi connectivity index (χ1v) is 12.0. The highest BCUT2D eigenvalue weighted by molar-refractivity contribution is 6.62. The number of aromatic amines is 1. The topological polar surface area (TPSA) is 87.7 Å². The van der Waals surface area contributed by atoms with Crippen molar-refractivity contribution in [2.45, 2.75) is 63.7 Å². The summed E-state index contributed by atoms with van der Waals surface area (Å²) in [5.41, 5.74) is 3.71. The predicted molar refractivity (Wildman–Crippen MR) is 131 cm³/mol. The van der Waals surface area contributed by atoms with Crippen LogP contribution in [0.15, 0.2) is 42.5 Å². The van der Waals surface area contributed by atoms with Crippen molar-refractivity contribution < 1.29 is 19.2 Å². The Labute approximate surface area is 199 Å². The standard InChI is InChI=1S/C26H30BN3O4/c1-24(2)25(3,4)34-27(33-24)19-8-5-17(6-9-19)18-7-10-20-21(13-18)29-22(28-20)26-12-11-16(14-26)15-30(26)23(31)32/h5-10,13,16H,11-12,14-15H2,1-4H3,(H,28,29)(H,31,32). The smallest absolute Gasteiger partial charge is 0.465 e. The summed E-state index contributed by atoms with van der Waals surface area (Å²) >= 11 is 0. The molecule has 2 bridgehead atoms. The fourth-order valence-electron chi connectivity index (χ4n) is 5.78. The first-order valence-electron chi connectivity index (χ1n) is 12.0. The molecule has 3 aromatic rings. The molecule has 1 saturated carbocycles. The minimum Gasteiger partial charge on any atom is -0.465 e. The average molecular weight is 459 g/mol. The third-order valence-electron chi connectivity index (χ3n) is 8.47. The van der Waals surface area contributed by atoms with Gasteiger partial charge in [0.1, 0.15) is 11.4 Å². The van der Waals surface area contributed by atoms with Crippen molar-refractivity contribution in [2.24, 2.45) is 5.92 Å². The van der Waals surface area contributed by atoms with Gasteiger partial charge in [0, 0.05) is 6.54 Å². The summed E-state index contributed by atoms with van der Waals surface area (Å²) in [4.78, 5) is 21.8. The molecule has 3 fully saturated rings. The van der Waals surface area contributed by atoms with Gasteiger partial charge in [0.25, 0.3) is 0 Å². The van der Waals surface area contributed by atoms with E-state index >= 15 is 0 Å². The van der Waals surface area contributed by atoms with Gasteiger partial charge >= 0.3 is 13.2 Å². The molecule has 34 heavy (non-hydrogen) atoms. The molecule has 2 atom stereocenters. The van der Waals surface area contributed by atoms with Gasteiger partial charge in [0.15, 0.2) is 0 Å². The molecule has 8 heteroatoms. The number of nitrogens with one attached hydrogen (secondary N) is 1. The first-order chi connectivity index (χ1) is 16.1. The number of carbonyl (C=O) groups is 1. The van der Waals surface area contributed by atoms with Crippen molar-refractivity contribution in [3.63, 3.8) is 0 Å². The third-order valence-corrected chi connectivity index (χ3v) is 8.47. The number of aromatic nitrogens is 2. The number of piperidine rings is 1. The summed E-state index contributed by atoms with van der Waals surface area (Å²) in [7, 11) is -0.380. The number of benzene rings is 2. The van der Waals surface area contributed by atoms with Gasteiger partial charge in [-0.05, 0) is 81.6 Å². The number of imidazole rings is 1. The summed E-state index contributed by atoms with van der Waals surface area (Å²) in [6.45, 7) is 8.83. The number of H-pyrrole nitrogens is 1. The minimum absolute atomic E-state index is 0.367. The molecule has 0 radical (unpaired) electrons. The van der Waals surface area contributed by atoms with Crippen molar-refractivity contribution in [3.05, 3.63) is 48.3 Å². The van der Waals surface area contributed by atoms with Crippen LogP contribution in [0.4, 0.5) is 4.79 Å². The molecule has 2 unspecified atom stereocenters. The zero-order valence-corrected chi connectivity index (χ0v) is 20.1. The normalized spacial score (nSPS) is 27.1. The largest absolute Gasteiger partial charge is 0.494 e. The summed E-state index contributed by atoms with van der Waals surface area (Å²) in [6.07, 6.45) is 1.88. The lowest BCUT2D eigenvalue weighted by Crippen LogP contribution is -2.46. The van der Waals surface area contributed by atoms with Crippen LogP contribution in [0.25, 0.3) is 22.2 Å². The number of carboxylic acid groups (broad SMARTS) is 1. The van der Waals surface area contributed by atoms with Gasteiger partial charge < -0.3 is 19.4 Å². The van der Waals surface area contributed by atoms with Gasteiger partial charge in [-0.2, -0.15) is 0 Å². The Morgan fingerprint density at radius 2 is 1.76 bits per heavy atom. The van der Waals surface area contributed by atoms with Crippen molar-refractivity contribution >= 4 is 29.7 Å². The lowest BCUT2D eigenvalue weighted by molar-refractivity contribution is 0.00578. The van der Waals surface area contributed by atoms with E-state index in [1.807, 2.05) is 6.07 Å². The van der Waals surface area contributed by atoms with Crippen LogP contribution < -0.4 is 5.46 Å². The second-order valence-corrected chi connectivity index (χ2v) is 11.1. The van der Waals surface area contributed by atoms with Crippen LogP contribution in [-0.2, 0) is 14.8 Å². The van der Waals surface area contributed by atoms with Crippen LogP contribution in [-0.4, -0.2) is 50.9 Å². The Morgan fingerprint density at radius 1 is 1.09 bits per heavy atom. The van der Waals surface area contributed by atoms with E-state index in [-0.39, 0.29) is 18.3 Å². The van der Waals surface area contributed by atoms with Crippen molar-refractivity contribution in [1.29, 1.82) is 0 Å². The zero-order chi connectivity index (χ0) is 23.9. The Hall–Kier alpha value is -2.84. The maximum atomic E-state index is 11.9. The van der Waals surface area contributed by atoms with Crippen molar-refractivity contribution in [3.8, 4) is 11.1 Å². The maximum Gasteiger partial charge on any atom is 0.494 e. The van der Waals surface area contributed by atoms with E-state index in [4.69, 9.17) is 14.3 Å². The number of fused-ring (bicyclic) bond motifs is 3. The Kier molecular flexibility index (Phi) is 4.52. The van der Waals surface area contributed by atoms with Crippen LogP contribution >= 0.6 is 0 Å². The lowest BCUT2D eigenvalue weighted by atomic mass is 9.78. The van der Waals surface area contributed by atoms with E-state index in [1.165, 1.54) is 0 Å². The molecule has 7 nitrogen and oxygen atoms in total. The first kappa shape index (κ1) is 21.7. The van der Waals surface area contributed by atoms with Crippen LogP contribution in [0.3, 0.4) is 0 Å². The van der Waals surface area contributed by atoms with Crippen LogP contribution in [0.2, 0.25) is 0 Å². The van der Waals surface area contributed by atoms with E-state index in [2.05, 4.69) is 69.1 Å². The summed E-state index contributed by atoms with van der Waals surface area (Å²) < 4.78 is 12.3. The Morgan fingerprint density at radius 3 is 2.41 bits per heavy atom. The van der Waals surface area contributed by atoms with Gasteiger partial charge in [-0.3, -0.25) is 4.90 Å². The molecule has 0 spiro atoms. The second kappa shape index (κ2) is 7.09. The Bertz CT molecular complexity index is 1270. The quantitative estimate of drug-likeness (QED) is 0.563. The van der Waals surface area contributed by atoms with Crippen LogP contribution in [0, 0.1) is 5.92 Å². The summed E-state index contributed by atoms with van der Waals surface area (Å²) in [6, 6.07) is 14.5. The molecule has 3 aliphatic rings. The molecule has 176 valence electrons. The number of amides is 1. The lowest BCUT2D eigenvalue weighted by Gasteiger charge is -2.35. The van der Waals surface area contributed by atoms with Gasteiger partial charge in [-0.1, -0.05) is 30.3 Å². The minimum atomic E-state index is -0.856. The van der Waals surface area contributed by atoms with E-state index in [1.54, 1.807) is 4.90 Å². The summed E-state index contributed by atoms with van der Waals surface area (Å²) in [5, 5.41) is 9.75. The molecule has 1 amide bonds. The highest BCUT2D eigenvalue weighted by Crippen LogP contribution is 2.52. The average Bonchev–Trinajstić information content (AvgIpc) is 3.54. The number of rotatable bonds is 3. The van der Waals surface area contributed by atoms with E-state index in [9.17, 15) is 9.90 Å². The van der Waals surface area contributed by atoms with Gasteiger partial charge in [-0.15, -0.1) is 0 Å². The molecule has 6 rings (SSSR count). The molecule has 3 heterocycles. The van der Waals surface area contributed by atoms with E-state index in [0.717, 1.165) is 52.7 Å². The van der Waals surface area contributed by atoms with Crippen molar-refractivity contribution in [2.75, 3.05) is 6.54 Å². The van der Waals surface area contributed by atoms with Gasteiger partial charge in [-0.25, -0.2) is 9.78 Å². The second-order valence-electron chi connectivity index (χ2n) is 11.1. The third kappa shape index (κ3) is 3.12. The fraction of sp³-hybridized carbons (Fsp3) is 0.462. The molecule has 2 N–H and O–H groups in total. The monoisotopic (exact) mass is 459 g/mol. The number of hydrogen-bond donors (Lipinski definition) is 2. The maximum absolute atomic E-state index is 11.9. The van der Waals surface area contributed by atoms with Gasteiger partial charge in [0.2, 0.25) is 0 Å². The highest BCUT2D eigenvalue weighted by Gasteiger charge is 2.55. The predicted octanol–water partition coefficient (Wildman–Crippen LogP) is 4.52.